The van der Waals surface area contributed by atoms with E-state index in [1.807, 2.05) is 18.2 Å². The molecule has 0 amide bonds. The van der Waals surface area contributed by atoms with Crippen molar-refractivity contribution in [2.24, 2.45) is 0 Å². The predicted octanol–water partition coefficient (Wildman–Crippen LogP) is 5.37. The first-order chi connectivity index (χ1) is 8.60. The van der Waals surface area contributed by atoms with E-state index in [9.17, 15) is 0 Å². The molecule has 0 heterocycles. The minimum atomic E-state index is 0.480. The average Bonchev–Trinajstić information content (AvgIpc) is 2.34. The van der Waals surface area contributed by atoms with Crippen molar-refractivity contribution in [3.63, 3.8) is 0 Å². The van der Waals surface area contributed by atoms with Crippen molar-refractivity contribution in [2.45, 2.75) is 0 Å². The maximum absolute atomic E-state index is 8.76. The van der Waals surface area contributed by atoms with Gasteiger partial charge in [-0.05, 0) is 36.4 Å². The van der Waals surface area contributed by atoms with Crippen molar-refractivity contribution in [1.29, 1.82) is 5.26 Å². The molecule has 2 aromatic rings. The summed E-state index contributed by atoms with van der Waals surface area (Å²) in [4.78, 5) is 0. The summed E-state index contributed by atoms with van der Waals surface area (Å²) < 4.78 is 0.906. The molecule has 2 aromatic carbocycles. The molecule has 0 bridgehead atoms. The Kier molecular flexibility index (Phi) is 4.13. The molecule has 2 rings (SSSR count). The molecule has 0 spiro atoms. The Labute approximate surface area is 123 Å². The van der Waals surface area contributed by atoms with Gasteiger partial charge in [0.05, 0.1) is 33.1 Å². The molecule has 2 nitrogen and oxygen atoms in total. The fourth-order valence-electron chi connectivity index (χ4n) is 1.42. The second-order valence-corrected chi connectivity index (χ2v) is 5.29. The Morgan fingerprint density at radius 2 is 1.61 bits per heavy atom. The quantitative estimate of drug-likeness (QED) is 0.796. The Balaban J connectivity index is 2.32. The summed E-state index contributed by atoms with van der Waals surface area (Å²) in [7, 11) is 0. The van der Waals surface area contributed by atoms with Gasteiger partial charge in [0, 0.05) is 4.47 Å². The summed E-state index contributed by atoms with van der Waals surface area (Å²) in [5.74, 6) is 0. The van der Waals surface area contributed by atoms with Crippen LogP contribution in [0.15, 0.2) is 40.9 Å². The van der Waals surface area contributed by atoms with Crippen LogP contribution in [0, 0.1) is 11.3 Å². The summed E-state index contributed by atoms with van der Waals surface area (Å²) >= 11 is 15.5. The molecule has 0 aliphatic heterocycles. The van der Waals surface area contributed by atoms with Crippen molar-refractivity contribution in [3.05, 3.63) is 56.5 Å². The number of nitrogens with zero attached hydrogens (tertiary/aromatic N) is 1. The molecule has 0 unspecified atom stereocenters. The average molecular weight is 342 g/mol. The first kappa shape index (κ1) is 13.2. The smallest absolute Gasteiger partial charge is 0.0992 e. The second kappa shape index (κ2) is 5.62. The van der Waals surface area contributed by atoms with E-state index in [1.165, 1.54) is 0 Å². The SMILES string of the molecule is N#Cc1ccc(Nc2ccc(Br)cc2Cl)c(Cl)c1. The van der Waals surface area contributed by atoms with E-state index in [1.54, 1.807) is 24.3 Å². The lowest BCUT2D eigenvalue weighted by Crippen LogP contribution is -1.92. The van der Waals surface area contributed by atoms with Gasteiger partial charge in [-0.25, -0.2) is 0 Å². The third-order valence-corrected chi connectivity index (χ3v) is 3.42. The van der Waals surface area contributed by atoms with Gasteiger partial charge < -0.3 is 5.32 Å². The number of hydrogen-bond donors (Lipinski definition) is 1. The standard InChI is InChI=1S/C13H7BrCl2N2/c14-9-2-4-13(11(16)6-9)18-12-3-1-8(7-17)5-10(12)15/h1-6,18H. The Hall–Kier alpha value is -1.21. The van der Waals surface area contributed by atoms with Crippen molar-refractivity contribution >= 4 is 50.5 Å². The van der Waals surface area contributed by atoms with Gasteiger partial charge in [-0.2, -0.15) is 5.26 Å². The van der Waals surface area contributed by atoms with Gasteiger partial charge in [0.2, 0.25) is 0 Å². The van der Waals surface area contributed by atoms with Crippen LogP contribution in [0.1, 0.15) is 5.56 Å². The van der Waals surface area contributed by atoms with Gasteiger partial charge in [-0.15, -0.1) is 0 Å². The highest BCUT2D eigenvalue weighted by Gasteiger charge is 2.05. The summed E-state index contributed by atoms with van der Waals surface area (Å²) in [6.07, 6.45) is 0. The van der Waals surface area contributed by atoms with E-state index in [0.29, 0.717) is 21.3 Å². The van der Waals surface area contributed by atoms with Gasteiger partial charge in [-0.3, -0.25) is 0 Å². The third kappa shape index (κ3) is 2.97. The van der Waals surface area contributed by atoms with E-state index in [-0.39, 0.29) is 0 Å². The van der Waals surface area contributed by atoms with Crippen LogP contribution in [0.4, 0.5) is 11.4 Å². The van der Waals surface area contributed by atoms with Gasteiger partial charge >= 0.3 is 0 Å². The van der Waals surface area contributed by atoms with Crippen LogP contribution >= 0.6 is 39.1 Å². The molecule has 0 atom stereocenters. The van der Waals surface area contributed by atoms with E-state index in [0.717, 1.165) is 10.2 Å². The Bertz CT molecular complexity index is 635. The van der Waals surface area contributed by atoms with Crippen molar-refractivity contribution in [3.8, 4) is 6.07 Å². The summed E-state index contributed by atoms with van der Waals surface area (Å²) in [6, 6.07) is 12.6. The molecule has 0 fully saturated rings. The predicted molar refractivity (Wildman–Crippen MR) is 78.6 cm³/mol. The monoisotopic (exact) mass is 340 g/mol. The zero-order valence-electron chi connectivity index (χ0n) is 9.05. The topological polar surface area (TPSA) is 35.8 Å². The number of nitriles is 1. The van der Waals surface area contributed by atoms with Crippen LogP contribution in [-0.2, 0) is 0 Å². The zero-order valence-corrected chi connectivity index (χ0v) is 12.1. The molecule has 0 saturated carbocycles. The highest BCUT2D eigenvalue weighted by molar-refractivity contribution is 9.10. The molecule has 0 saturated heterocycles. The maximum Gasteiger partial charge on any atom is 0.0992 e. The number of anilines is 2. The molecule has 90 valence electrons. The van der Waals surface area contributed by atoms with Crippen molar-refractivity contribution in [2.75, 3.05) is 5.32 Å². The highest BCUT2D eigenvalue weighted by Crippen LogP contribution is 2.31. The minimum absolute atomic E-state index is 0.480. The van der Waals surface area contributed by atoms with Crippen LogP contribution in [-0.4, -0.2) is 0 Å². The first-order valence-corrected chi connectivity index (χ1v) is 6.57. The van der Waals surface area contributed by atoms with E-state index < -0.39 is 0 Å². The minimum Gasteiger partial charge on any atom is -0.353 e. The largest absolute Gasteiger partial charge is 0.353 e. The third-order valence-electron chi connectivity index (χ3n) is 2.30. The molecule has 1 N–H and O–H groups in total. The maximum atomic E-state index is 8.76. The molecular weight excluding hydrogens is 335 g/mol. The van der Waals surface area contributed by atoms with E-state index >= 15 is 0 Å². The Morgan fingerprint density at radius 1 is 1.00 bits per heavy atom. The molecule has 5 heteroatoms. The lowest BCUT2D eigenvalue weighted by Gasteiger charge is -2.10. The van der Waals surface area contributed by atoms with Crippen LogP contribution in [0.5, 0.6) is 0 Å². The van der Waals surface area contributed by atoms with Crippen LogP contribution in [0.3, 0.4) is 0 Å². The lowest BCUT2D eigenvalue weighted by atomic mass is 10.2. The van der Waals surface area contributed by atoms with Crippen molar-refractivity contribution < 1.29 is 0 Å². The molecular formula is C13H7BrCl2N2. The molecule has 0 aliphatic rings. The zero-order chi connectivity index (χ0) is 13.1. The van der Waals surface area contributed by atoms with Crippen LogP contribution in [0.2, 0.25) is 10.0 Å². The first-order valence-electron chi connectivity index (χ1n) is 5.02. The summed E-state index contributed by atoms with van der Waals surface area (Å²) in [5.41, 5.74) is 1.99. The van der Waals surface area contributed by atoms with E-state index in [4.69, 9.17) is 28.5 Å². The van der Waals surface area contributed by atoms with Crippen LogP contribution in [0.25, 0.3) is 0 Å². The number of halogens is 3. The van der Waals surface area contributed by atoms with E-state index in [2.05, 4.69) is 21.2 Å². The molecule has 0 aliphatic carbocycles. The fraction of sp³-hybridized carbons (Fsp3) is 0. The lowest BCUT2D eigenvalue weighted by molar-refractivity contribution is 1.47. The second-order valence-electron chi connectivity index (χ2n) is 3.56. The number of hydrogen-bond acceptors (Lipinski definition) is 2. The van der Waals surface area contributed by atoms with Gasteiger partial charge in [-0.1, -0.05) is 39.1 Å². The summed E-state index contributed by atoms with van der Waals surface area (Å²) in [5, 5.41) is 13.0. The summed E-state index contributed by atoms with van der Waals surface area (Å²) in [6.45, 7) is 0. The van der Waals surface area contributed by atoms with Crippen molar-refractivity contribution in [1.82, 2.24) is 0 Å². The molecule has 0 radical (unpaired) electrons. The van der Waals surface area contributed by atoms with Crippen LogP contribution < -0.4 is 5.32 Å². The number of benzene rings is 2. The number of rotatable bonds is 2. The van der Waals surface area contributed by atoms with Gasteiger partial charge in [0.25, 0.3) is 0 Å². The molecule has 18 heavy (non-hydrogen) atoms. The number of nitrogens with one attached hydrogen (secondary N) is 1. The Morgan fingerprint density at radius 3 is 2.17 bits per heavy atom. The van der Waals surface area contributed by atoms with Gasteiger partial charge in [0.1, 0.15) is 0 Å². The fourth-order valence-corrected chi connectivity index (χ4v) is 2.37. The van der Waals surface area contributed by atoms with Gasteiger partial charge in [0.15, 0.2) is 0 Å². The molecule has 0 aromatic heterocycles. The highest BCUT2D eigenvalue weighted by atomic mass is 79.9. The normalized spacial score (nSPS) is 9.89.